The lowest BCUT2D eigenvalue weighted by atomic mass is 9.84. The van der Waals surface area contributed by atoms with Crippen molar-refractivity contribution in [1.29, 1.82) is 0 Å². The van der Waals surface area contributed by atoms with Gasteiger partial charge in [-0.1, -0.05) is 219 Å². The first-order valence-corrected chi connectivity index (χ1v) is 37.5. The maximum absolute atomic E-state index is 14.3. The van der Waals surface area contributed by atoms with Gasteiger partial charge in [0.15, 0.2) is 18.7 Å². The molecule has 18 atom stereocenters. The summed E-state index contributed by atoms with van der Waals surface area (Å²) in [6.07, 6.45) is 7.39. The molecule has 93 heavy (non-hydrogen) atoms. The van der Waals surface area contributed by atoms with E-state index in [0.29, 0.717) is 19.3 Å². The molecule has 3 fully saturated rings. The van der Waals surface area contributed by atoms with Gasteiger partial charge in [0.2, 0.25) is 0 Å². The summed E-state index contributed by atoms with van der Waals surface area (Å²) in [5.74, 6) is -2.00. The minimum absolute atomic E-state index is 0.0278. The quantitative estimate of drug-likeness (QED) is 0.00890. The number of allylic oxidation sites excluding steroid dienone is 2. The van der Waals surface area contributed by atoms with Crippen molar-refractivity contribution < 1.29 is 117 Å². The first-order valence-electron chi connectivity index (χ1n) is 36.0. The summed E-state index contributed by atoms with van der Waals surface area (Å²) in [4.78, 5) is 50.8. The van der Waals surface area contributed by atoms with E-state index >= 15 is 0 Å². The Kier molecular flexibility index (Phi) is 46.5. The molecule has 0 aromatic rings. The zero-order chi connectivity index (χ0) is 68.2. The van der Waals surface area contributed by atoms with Crippen LogP contribution in [0.5, 0.6) is 0 Å². The molecule has 2 aliphatic heterocycles. The second-order valence-corrected chi connectivity index (χ2v) is 27.4. The van der Waals surface area contributed by atoms with Crippen LogP contribution < -0.4 is 0 Å². The van der Waals surface area contributed by atoms with Gasteiger partial charge in [0.25, 0.3) is 0 Å². The number of rotatable bonds is 55. The highest BCUT2D eigenvalue weighted by Gasteiger charge is 2.58. The molecule has 0 amide bonds. The highest BCUT2D eigenvalue weighted by Crippen LogP contribution is 2.49. The molecule has 3 rings (SSSR count). The summed E-state index contributed by atoms with van der Waals surface area (Å²) in [6, 6.07) is 0. The number of phosphoric acid groups is 1. The van der Waals surface area contributed by atoms with E-state index in [-0.39, 0.29) is 19.3 Å². The van der Waals surface area contributed by atoms with Gasteiger partial charge in [0.05, 0.1) is 13.2 Å². The monoisotopic (exact) mass is 1360 g/mol. The predicted molar refractivity (Wildman–Crippen MR) is 347 cm³/mol. The number of hydrogen-bond donors (Lipinski definition) is 11. The van der Waals surface area contributed by atoms with E-state index in [0.717, 1.165) is 96.3 Å². The minimum atomic E-state index is -5.69. The Bertz CT molecular complexity index is 1990. The largest absolute Gasteiger partial charge is 0.472 e. The molecule has 0 aromatic carbocycles. The molecular weight excluding hydrogens is 1230 g/mol. The van der Waals surface area contributed by atoms with Crippen LogP contribution in [-0.4, -0.2) is 204 Å². The lowest BCUT2D eigenvalue weighted by Gasteiger charge is -2.49. The topological polar surface area (TPSA) is 374 Å². The van der Waals surface area contributed by atoms with Crippen molar-refractivity contribution >= 4 is 25.7 Å². The summed E-state index contributed by atoms with van der Waals surface area (Å²) in [7, 11) is -5.69. The summed E-state index contributed by atoms with van der Waals surface area (Å²) >= 11 is 0. The number of unbranched alkanes of at least 4 members (excludes halogenated alkanes) is 32. The Balaban J connectivity index is 1.76. The molecule has 24 nitrogen and oxygen atoms in total. The van der Waals surface area contributed by atoms with Crippen molar-refractivity contribution in [2.45, 2.75) is 375 Å². The Morgan fingerprint density at radius 1 is 0.409 bits per heavy atom. The SMILES string of the molecule is CCCCCCCCC/C=C\CCCCCC(=O)OCC(COP(=O)(O)OC1C(OC2OC(CO)C(O)C(O)C2O)C(O)C(O)C(O)C1OC1OC(COC(=O)CCCCCCCCCCCCC)C(O)C(O)C1O)OC(=O)CCCCCCCCCCCCCCC. The number of phosphoric ester groups is 1. The fourth-order valence-corrected chi connectivity index (χ4v) is 12.8. The fourth-order valence-electron chi connectivity index (χ4n) is 11.9. The maximum Gasteiger partial charge on any atom is 0.472 e. The average molecular weight is 1360 g/mol. The Morgan fingerprint density at radius 2 is 0.753 bits per heavy atom. The molecule has 3 aliphatic rings. The third-order valence-electron chi connectivity index (χ3n) is 17.8. The van der Waals surface area contributed by atoms with Crippen LogP contribution in [0, 0.1) is 0 Å². The van der Waals surface area contributed by atoms with E-state index in [2.05, 4.69) is 32.9 Å². The van der Waals surface area contributed by atoms with Crippen molar-refractivity contribution in [3.63, 3.8) is 0 Å². The van der Waals surface area contributed by atoms with Gasteiger partial charge >= 0.3 is 25.7 Å². The van der Waals surface area contributed by atoms with Gasteiger partial charge in [-0.2, -0.15) is 0 Å². The first-order chi connectivity index (χ1) is 44.8. The van der Waals surface area contributed by atoms with Crippen LogP contribution in [0.2, 0.25) is 0 Å². The van der Waals surface area contributed by atoms with Crippen molar-refractivity contribution in [2.75, 3.05) is 26.4 Å². The lowest BCUT2D eigenvalue weighted by molar-refractivity contribution is -0.360. The second kappa shape index (κ2) is 50.9. The Morgan fingerprint density at radius 3 is 1.17 bits per heavy atom. The summed E-state index contributed by atoms with van der Waals surface area (Å²) in [6.45, 7) is 3.40. The van der Waals surface area contributed by atoms with Crippen molar-refractivity contribution in [3.05, 3.63) is 12.2 Å². The summed E-state index contributed by atoms with van der Waals surface area (Å²) in [5, 5.41) is 110. The van der Waals surface area contributed by atoms with E-state index in [1.54, 1.807) is 0 Å². The highest BCUT2D eigenvalue weighted by molar-refractivity contribution is 7.47. The molecule has 25 heteroatoms. The van der Waals surface area contributed by atoms with Gasteiger partial charge in [-0.25, -0.2) is 4.57 Å². The van der Waals surface area contributed by atoms with Gasteiger partial charge in [0.1, 0.15) is 98.7 Å². The predicted octanol–water partition coefficient (Wildman–Crippen LogP) is 8.79. The first kappa shape index (κ1) is 84.9. The van der Waals surface area contributed by atoms with Gasteiger partial charge in [-0.05, 0) is 44.9 Å². The number of ether oxygens (including phenoxy) is 7. The molecule has 1 aliphatic carbocycles. The summed E-state index contributed by atoms with van der Waals surface area (Å²) < 4.78 is 64.8. The number of carbonyl (C=O) groups excluding carboxylic acids is 3. The number of esters is 3. The Hall–Kier alpha value is -2.30. The lowest BCUT2D eigenvalue weighted by Crippen LogP contribution is -2.69. The van der Waals surface area contributed by atoms with Crippen LogP contribution in [0.1, 0.15) is 271 Å². The molecular formula is C68H125O24P. The molecule has 0 spiro atoms. The third kappa shape index (κ3) is 34.9. The van der Waals surface area contributed by atoms with E-state index in [4.69, 9.17) is 42.2 Å². The molecule has 2 saturated heterocycles. The molecule has 1 saturated carbocycles. The molecule has 2 heterocycles. The van der Waals surface area contributed by atoms with Gasteiger partial charge < -0.3 is 89.1 Å². The minimum Gasteiger partial charge on any atom is -0.463 e. The van der Waals surface area contributed by atoms with E-state index in [1.807, 2.05) is 0 Å². The van der Waals surface area contributed by atoms with Crippen molar-refractivity contribution in [2.24, 2.45) is 0 Å². The van der Waals surface area contributed by atoms with Crippen LogP contribution >= 0.6 is 7.82 Å². The molecule has 11 N–H and O–H groups in total. The molecule has 546 valence electrons. The zero-order valence-corrected chi connectivity index (χ0v) is 57.4. The van der Waals surface area contributed by atoms with Crippen molar-refractivity contribution in [1.82, 2.24) is 0 Å². The molecule has 0 bridgehead atoms. The number of carbonyl (C=O) groups is 3. The number of hydrogen-bond acceptors (Lipinski definition) is 23. The molecule has 0 radical (unpaired) electrons. The second-order valence-electron chi connectivity index (χ2n) is 26.0. The highest BCUT2D eigenvalue weighted by atomic mass is 31.2. The van der Waals surface area contributed by atoms with Crippen LogP contribution in [-0.2, 0) is 61.2 Å². The van der Waals surface area contributed by atoms with Gasteiger partial charge in [-0.3, -0.25) is 23.4 Å². The van der Waals surface area contributed by atoms with Crippen LogP contribution in [0.15, 0.2) is 12.2 Å². The molecule has 0 aromatic heterocycles. The number of aliphatic hydroxyl groups is 10. The number of aliphatic hydroxyl groups excluding tert-OH is 10. The fraction of sp³-hybridized carbons (Fsp3) is 0.926. The van der Waals surface area contributed by atoms with E-state index in [9.17, 15) is 74.9 Å². The standard InChI is InChI=1S/C68H125O24P/c1-4-7-10-13-16-19-22-24-26-28-31-33-36-39-42-52(70)84-46-49(87-54(72)44-41-38-35-32-29-25-23-20-17-14-11-8-5-2)47-86-93(82,83)92-66-64(90-67-62(80)57(75)55(73)50(45-69)88-67)60(78)59(77)61(79)65(66)91-68-63(81)58(76)56(74)51(89-68)48-85-53(71)43-40-37-34-30-27-21-18-15-12-9-6-3/h26,28,49-51,55-69,73-81H,4-25,27,29-48H2,1-3H3,(H,82,83)/b28-26-. The normalized spacial score (nSPS) is 28.5. The molecule has 18 unspecified atom stereocenters. The summed E-state index contributed by atoms with van der Waals surface area (Å²) in [5.41, 5.74) is 0. The van der Waals surface area contributed by atoms with E-state index < -0.39 is 156 Å². The average Bonchev–Trinajstić information content (AvgIpc) is 0.779. The third-order valence-corrected chi connectivity index (χ3v) is 18.8. The zero-order valence-electron chi connectivity index (χ0n) is 56.5. The van der Waals surface area contributed by atoms with E-state index in [1.165, 1.54) is 116 Å². The van der Waals surface area contributed by atoms with Crippen molar-refractivity contribution in [3.8, 4) is 0 Å². The maximum atomic E-state index is 14.3. The van der Waals surface area contributed by atoms with Crippen LogP contribution in [0.4, 0.5) is 0 Å². The van der Waals surface area contributed by atoms with Crippen LogP contribution in [0.3, 0.4) is 0 Å². The van der Waals surface area contributed by atoms with Gasteiger partial charge in [0, 0.05) is 19.3 Å². The van der Waals surface area contributed by atoms with Crippen LogP contribution in [0.25, 0.3) is 0 Å². The Labute approximate surface area is 554 Å². The smallest absolute Gasteiger partial charge is 0.463 e. The van der Waals surface area contributed by atoms with Gasteiger partial charge in [-0.15, -0.1) is 0 Å².